The van der Waals surface area contributed by atoms with Gasteiger partial charge < -0.3 is 0 Å². The SMILES string of the molecule is CCc1nc2cccc3c2n1-c1cc(-c2ccncc2)ccc1S3(=O)=O. The standard InChI is InChI=1S/C20H15N3O2S/c1-2-19-22-15-4-3-5-18-20(15)23(19)16-12-14(13-8-10-21-11-9-13)6-7-17(16)26(18,24)25/h3-12H,2H2,1H3. The molecule has 0 spiro atoms. The molecule has 26 heavy (non-hydrogen) atoms. The summed E-state index contributed by atoms with van der Waals surface area (Å²) in [5.41, 5.74) is 3.99. The molecule has 0 saturated carbocycles. The molecule has 5 nitrogen and oxygen atoms in total. The van der Waals surface area contributed by atoms with Gasteiger partial charge in [-0.1, -0.05) is 19.1 Å². The highest BCUT2D eigenvalue weighted by atomic mass is 32.2. The number of para-hydroxylation sites is 1. The predicted molar refractivity (Wildman–Crippen MR) is 99.1 cm³/mol. The van der Waals surface area contributed by atoms with E-state index in [1.807, 2.05) is 41.8 Å². The van der Waals surface area contributed by atoms with Crippen LogP contribution < -0.4 is 0 Å². The van der Waals surface area contributed by atoms with Gasteiger partial charge >= 0.3 is 0 Å². The second kappa shape index (κ2) is 5.25. The first-order valence-corrected chi connectivity index (χ1v) is 9.90. The molecule has 2 aromatic carbocycles. The number of aryl methyl sites for hydroxylation is 1. The minimum absolute atomic E-state index is 0.322. The van der Waals surface area contributed by atoms with Crippen molar-refractivity contribution in [3.63, 3.8) is 0 Å². The highest BCUT2D eigenvalue weighted by molar-refractivity contribution is 7.92. The van der Waals surface area contributed by atoms with E-state index in [0.717, 1.165) is 17.0 Å². The zero-order valence-electron chi connectivity index (χ0n) is 14.0. The Hall–Kier alpha value is -2.99. The van der Waals surface area contributed by atoms with E-state index in [1.54, 1.807) is 30.6 Å². The van der Waals surface area contributed by atoms with Crippen molar-refractivity contribution < 1.29 is 8.42 Å². The van der Waals surface area contributed by atoms with Crippen LogP contribution in [0.5, 0.6) is 0 Å². The second-order valence-corrected chi connectivity index (χ2v) is 8.15. The van der Waals surface area contributed by atoms with Gasteiger partial charge in [0, 0.05) is 18.8 Å². The van der Waals surface area contributed by atoms with Crippen LogP contribution in [0.25, 0.3) is 27.8 Å². The van der Waals surface area contributed by atoms with Crippen LogP contribution in [0.2, 0.25) is 0 Å². The van der Waals surface area contributed by atoms with Crippen LogP contribution >= 0.6 is 0 Å². The second-order valence-electron chi connectivity index (χ2n) is 6.26. The van der Waals surface area contributed by atoms with Crippen molar-refractivity contribution in [1.29, 1.82) is 0 Å². The zero-order valence-corrected chi connectivity index (χ0v) is 14.9. The maximum atomic E-state index is 13.2. The Balaban J connectivity index is 1.91. The van der Waals surface area contributed by atoms with Crippen molar-refractivity contribution in [3.05, 3.63) is 66.7 Å². The van der Waals surface area contributed by atoms with Gasteiger partial charge in [-0.15, -0.1) is 0 Å². The van der Waals surface area contributed by atoms with E-state index in [1.165, 1.54) is 0 Å². The summed E-state index contributed by atoms with van der Waals surface area (Å²) >= 11 is 0. The molecule has 0 fully saturated rings. The quantitative estimate of drug-likeness (QED) is 0.480. The molecule has 0 aliphatic carbocycles. The van der Waals surface area contributed by atoms with Gasteiger partial charge in [-0.3, -0.25) is 9.55 Å². The van der Waals surface area contributed by atoms with Gasteiger partial charge in [0.25, 0.3) is 0 Å². The first kappa shape index (κ1) is 15.3. The van der Waals surface area contributed by atoms with Gasteiger partial charge in [-0.05, 0) is 47.5 Å². The van der Waals surface area contributed by atoms with E-state index >= 15 is 0 Å². The van der Waals surface area contributed by atoms with Crippen molar-refractivity contribution in [3.8, 4) is 16.8 Å². The van der Waals surface area contributed by atoms with E-state index in [9.17, 15) is 8.42 Å². The number of benzene rings is 2. The molecule has 3 heterocycles. The number of hydrogen-bond donors (Lipinski definition) is 0. The highest BCUT2D eigenvalue weighted by Crippen LogP contribution is 2.40. The number of aromatic nitrogens is 3. The van der Waals surface area contributed by atoms with E-state index in [0.29, 0.717) is 32.9 Å². The number of imidazole rings is 1. The van der Waals surface area contributed by atoms with Crippen molar-refractivity contribution >= 4 is 20.9 Å². The summed E-state index contributed by atoms with van der Waals surface area (Å²) in [6, 6.07) is 14.6. The van der Waals surface area contributed by atoms with Crippen LogP contribution in [0.4, 0.5) is 0 Å². The van der Waals surface area contributed by atoms with Crippen LogP contribution in [0.15, 0.2) is 70.7 Å². The lowest BCUT2D eigenvalue weighted by molar-refractivity contribution is 0.594. The minimum Gasteiger partial charge on any atom is -0.294 e. The molecule has 0 amide bonds. The predicted octanol–water partition coefficient (Wildman–Crippen LogP) is 3.80. The summed E-state index contributed by atoms with van der Waals surface area (Å²) in [4.78, 5) is 9.36. The average Bonchev–Trinajstić information content (AvgIpc) is 3.06. The smallest absolute Gasteiger partial charge is 0.210 e. The van der Waals surface area contributed by atoms with Crippen molar-refractivity contribution in [2.24, 2.45) is 0 Å². The molecular weight excluding hydrogens is 346 g/mol. The highest BCUT2D eigenvalue weighted by Gasteiger charge is 2.33. The van der Waals surface area contributed by atoms with Gasteiger partial charge in [-0.25, -0.2) is 13.4 Å². The van der Waals surface area contributed by atoms with E-state index in [-0.39, 0.29) is 0 Å². The van der Waals surface area contributed by atoms with E-state index < -0.39 is 9.84 Å². The fourth-order valence-corrected chi connectivity index (χ4v) is 5.24. The number of nitrogens with zero attached hydrogens (tertiary/aromatic N) is 3. The minimum atomic E-state index is -3.57. The number of sulfone groups is 1. The van der Waals surface area contributed by atoms with Gasteiger partial charge in [-0.2, -0.15) is 0 Å². The largest absolute Gasteiger partial charge is 0.294 e. The summed E-state index contributed by atoms with van der Waals surface area (Å²) in [7, 11) is -3.57. The fraction of sp³-hybridized carbons (Fsp3) is 0.100. The third-order valence-electron chi connectivity index (χ3n) is 4.82. The van der Waals surface area contributed by atoms with Crippen LogP contribution in [-0.2, 0) is 16.3 Å². The molecule has 0 saturated heterocycles. The Kier molecular flexibility index (Phi) is 3.09. The number of hydrogen-bond acceptors (Lipinski definition) is 4. The number of rotatable bonds is 2. The number of pyridine rings is 1. The molecule has 4 aromatic rings. The molecule has 2 aromatic heterocycles. The maximum Gasteiger partial charge on any atom is 0.210 e. The van der Waals surface area contributed by atoms with E-state index in [4.69, 9.17) is 0 Å². The van der Waals surface area contributed by atoms with Crippen LogP contribution in [0.3, 0.4) is 0 Å². The summed E-state index contributed by atoms with van der Waals surface area (Å²) < 4.78 is 28.3. The van der Waals surface area contributed by atoms with Gasteiger partial charge in [0.15, 0.2) is 0 Å². The third kappa shape index (κ3) is 1.93. The topological polar surface area (TPSA) is 64.8 Å². The molecule has 128 valence electrons. The van der Waals surface area contributed by atoms with Crippen molar-refractivity contribution in [2.45, 2.75) is 23.1 Å². The van der Waals surface area contributed by atoms with Crippen LogP contribution in [-0.4, -0.2) is 23.0 Å². The Morgan fingerprint density at radius 2 is 1.77 bits per heavy atom. The summed E-state index contributed by atoms with van der Waals surface area (Å²) in [6.07, 6.45) is 4.18. The Morgan fingerprint density at radius 1 is 0.962 bits per heavy atom. The van der Waals surface area contributed by atoms with Crippen LogP contribution in [0, 0.1) is 0 Å². The molecule has 0 radical (unpaired) electrons. The lowest BCUT2D eigenvalue weighted by Crippen LogP contribution is -2.15. The summed E-state index contributed by atoms with van der Waals surface area (Å²) in [5.74, 6) is 0.857. The lowest BCUT2D eigenvalue weighted by atomic mass is 10.1. The fourth-order valence-electron chi connectivity index (χ4n) is 3.62. The van der Waals surface area contributed by atoms with E-state index in [2.05, 4.69) is 9.97 Å². The molecule has 0 N–H and O–H groups in total. The first-order valence-electron chi connectivity index (χ1n) is 8.41. The summed E-state index contributed by atoms with van der Waals surface area (Å²) in [6.45, 7) is 2.03. The molecular formula is C20H15N3O2S. The zero-order chi connectivity index (χ0) is 17.9. The maximum absolute atomic E-state index is 13.2. The van der Waals surface area contributed by atoms with Crippen molar-refractivity contribution in [1.82, 2.24) is 14.5 Å². The molecule has 0 bridgehead atoms. The van der Waals surface area contributed by atoms with Crippen molar-refractivity contribution in [2.75, 3.05) is 0 Å². The summed E-state index contributed by atoms with van der Waals surface area (Å²) in [5, 5.41) is 0. The van der Waals surface area contributed by atoms with Gasteiger partial charge in [0.05, 0.1) is 26.5 Å². The Morgan fingerprint density at radius 3 is 2.54 bits per heavy atom. The monoisotopic (exact) mass is 361 g/mol. The molecule has 1 aliphatic rings. The normalized spacial score (nSPS) is 14.3. The number of fused-ring (bicyclic) bond motifs is 2. The molecule has 5 rings (SSSR count). The Labute approximate surface area is 150 Å². The van der Waals surface area contributed by atoms with Crippen LogP contribution in [0.1, 0.15) is 12.7 Å². The van der Waals surface area contributed by atoms with Gasteiger partial charge in [0.1, 0.15) is 5.82 Å². The third-order valence-corrected chi connectivity index (χ3v) is 6.65. The molecule has 1 aliphatic heterocycles. The molecule has 0 unspecified atom stereocenters. The average molecular weight is 361 g/mol. The molecule has 0 atom stereocenters. The molecule has 6 heteroatoms. The Bertz CT molecular complexity index is 1280. The lowest BCUT2D eigenvalue weighted by Gasteiger charge is -2.21. The first-order chi connectivity index (χ1) is 12.6. The van der Waals surface area contributed by atoms with Gasteiger partial charge in [0.2, 0.25) is 9.84 Å².